The molecule has 0 saturated heterocycles. The van der Waals surface area contributed by atoms with Gasteiger partial charge >= 0.3 is 0 Å². The van der Waals surface area contributed by atoms with Crippen molar-refractivity contribution < 1.29 is 0 Å². The normalized spacial score (nSPS) is 9.90. The lowest BCUT2D eigenvalue weighted by molar-refractivity contribution is 0.537. The molecule has 0 bridgehead atoms. The van der Waals surface area contributed by atoms with Crippen LogP contribution in [0.2, 0.25) is 0 Å². The van der Waals surface area contributed by atoms with Gasteiger partial charge < -0.3 is 11.1 Å². The minimum atomic E-state index is 0. The van der Waals surface area contributed by atoms with E-state index in [1.807, 2.05) is 0 Å². The highest BCUT2D eigenvalue weighted by atomic mass is 35.5. The van der Waals surface area contributed by atoms with Crippen molar-refractivity contribution in [1.29, 1.82) is 0 Å². The summed E-state index contributed by atoms with van der Waals surface area (Å²) in [5.41, 5.74) is 5.44. The van der Waals surface area contributed by atoms with E-state index in [-0.39, 0.29) is 24.8 Å². The summed E-state index contributed by atoms with van der Waals surface area (Å²) >= 11 is 0. The summed E-state index contributed by atoms with van der Waals surface area (Å²) in [5, 5.41) is 3.44. The maximum atomic E-state index is 5.44. The van der Waals surface area contributed by atoms with E-state index in [0.717, 1.165) is 19.5 Å². The fourth-order valence-corrected chi connectivity index (χ4v) is 2.27. The molecule has 0 saturated carbocycles. The lowest BCUT2D eigenvalue weighted by Gasteiger charge is -2.04. The molecular weight excluding hydrogens is 291 g/mol. The van der Waals surface area contributed by atoms with Gasteiger partial charge in [0.1, 0.15) is 0 Å². The van der Waals surface area contributed by atoms with Gasteiger partial charge in [0.05, 0.1) is 0 Å². The smallest absolute Gasteiger partial charge is 0.00369 e. The number of unbranched alkanes of at least 4 members (excludes halogenated alkanes) is 10. The molecule has 0 spiro atoms. The van der Waals surface area contributed by atoms with E-state index in [2.05, 4.69) is 12.2 Å². The second-order valence-corrected chi connectivity index (χ2v) is 5.43. The first-order valence-electron chi connectivity index (χ1n) is 8.32. The molecular formula is C16H38Cl2N2. The maximum Gasteiger partial charge on any atom is -0.00369 e. The fourth-order valence-electron chi connectivity index (χ4n) is 2.27. The van der Waals surface area contributed by atoms with Crippen LogP contribution >= 0.6 is 24.8 Å². The van der Waals surface area contributed by atoms with Crippen LogP contribution in [0.15, 0.2) is 0 Å². The largest absolute Gasteiger partial charge is 0.330 e. The molecule has 0 aliphatic heterocycles. The molecule has 0 aromatic heterocycles. The van der Waals surface area contributed by atoms with Crippen molar-refractivity contribution in [2.45, 2.75) is 84.0 Å². The Morgan fingerprint density at radius 3 is 1.45 bits per heavy atom. The molecule has 0 rings (SSSR count). The van der Waals surface area contributed by atoms with E-state index in [9.17, 15) is 0 Å². The molecule has 126 valence electrons. The van der Waals surface area contributed by atoms with Gasteiger partial charge in [-0.05, 0) is 32.5 Å². The van der Waals surface area contributed by atoms with E-state index in [1.165, 1.54) is 77.2 Å². The maximum absolute atomic E-state index is 5.44. The van der Waals surface area contributed by atoms with E-state index in [1.54, 1.807) is 0 Å². The van der Waals surface area contributed by atoms with Gasteiger partial charge in [-0.15, -0.1) is 24.8 Å². The van der Waals surface area contributed by atoms with Crippen molar-refractivity contribution in [2.24, 2.45) is 5.73 Å². The van der Waals surface area contributed by atoms with Crippen LogP contribution in [0.3, 0.4) is 0 Å². The molecule has 0 aromatic rings. The molecule has 4 heteroatoms. The Balaban J connectivity index is -0.00000144. The number of hydrogen-bond acceptors (Lipinski definition) is 2. The highest BCUT2D eigenvalue weighted by Crippen LogP contribution is 2.10. The van der Waals surface area contributed by atoms with Crippen LogP contribution in [0.5, 0.6) is 0 Å². The molecule has 0 aliphatic carbocycles. The summed E-state index contributed by atoms with van der Waals surface area (Å²) in [6, 6.07) is 0. The summed E-state index contributed by atoms with van der Waals surface area (Å²) in [5.74, 6) is 0. The number of halogens is 2. The summed E-state index contributed by atoms with van der Waals surface area (Å²) in [4.78, 5) is 0. The van der Waals surface area contributed by atoms with Crippen LogP contribution in [-0.4, -0.2) is 19.6 Å². The second-order valence-electron chi connectivity index (χ2n) is 5.43. The van der Waals surface area contributed by atoms with Crippen molar-refractivity contribution in [3.8, 4) is 0 Å². The molecule has 0 radical (unpaired) electrons. The third-order valence-corrected chi connectivity index (χ3v) is 3.51. The highest BCUT2D eigenvalue weighted by molar-refractivity contribution is 5.85. The van der Waals surface area contributed by atoms with Crippen LogP contribution < -0.4 is 11.1 Å². The first kappa shape index (κ1) is 25.5. The zero-order valence-corrected chi connectivity index (χ0v) is 15.1. The van der Waals surface area contributed by atoms with Gasteiger partial charge in [-0.2, -0.15) is 0 Å². The summed E-state index contributed by atoms with van der Waals surface area (Å²) < 4.78 is 0. The van der Waals surface area contributed by atoms with E-state index in [4.69, 9.17) is 5.73 Å². The summed E-state index contributed by atoms with van der Waals surface area (Å²) in [6.45, 7) is 5.36. The third-order valence-electron chi connectivity index (χ3n) is 3.51. The average Bonchev–Trinajstić information content (AvgIpc) is 2.39. The van der Waals surface area contributed by atoms with Gasteiger partial charge in [0, 0.05) is 0 Å². The Morgan fingerprint density at radius 2 is 1.00 bits per heavy atom. The molecule has 0 unspecified atom stereocenters. The third kappa shape index (κ3) is 23.6. The molecule has 0 aromatic carbocycles. The van der Waals surface area contributed by atoms with Crippen LogP contribution in [0.4, 0.5) is 0 Å². The van der Waals surface area contributed by atoms with Gasteiger partial charge in [-0.3, -0.25) is 0 Å². The minimum Gasteiger partial charge on any atom is -0.330 e. The lowest BCUT2D eigenvalue weighted by Crippen LogP contribution is -2.19. The van der Waals surface area contributed by atoms with Crippen LogP contribution in [0, 0.1) is 0 Å². The highest BCUT2D eigenvalue weighted by Gasteiger charge is 1.93. The van der Waals surface area contributed by atoms with Crippen LogP contribution in [-0.2, 0) is 0 Å². The summed E-state index contributed by atoms with van der Waals surface area (Å²) in [6.07, 6.45) is 16.8. The molecule has 20 heavy (non-hydrogen) atoms. The number of nitrogens with two attached hydrogens (primary N) is 1. The van der Waals surface area contributed by atoms with Gasteiger partial charge in [0.15, 0.2) is 0 Å². The van der Waals surface area contributed by atoms with Crippen LogP contribution in [0.25, 0.3) is 0 Å². The zero-order valence-electron chi connectivity index (χ0n) is 13.5. The van der Waals surface area contributed by atoms with E-state index < -0.39 is 0 Å². The number of hydrogen-bond donors (Lipinski definition) is 2. The van der Waals surface area contributed by atoms with Crippen molar-refractivity contribution in [3.63, 3.8) is 0 Å². The average molecular weight is 329 g/mol. The van der Waals surface area contributed by atoms with Gasteiger partial charge in [0.25, 0.3) is 0 Å². The van der Waals surface area contributed by atoms with Crippen molar-refractivity contribution in [3.05, 3.63) is 0 Å². The first-order valence-corrected chi connectivity index (χ1v) is 8.32. The summed E-state index contributed by atoms with van der Waals surface area (Å²) in [7, 11) is 0. The molecule has 0 heterocycles. The monoisotopic (exact) mass is 328 g/mol. The Kier molecular flexibility index (Phi) is 31.2. The Morgan fingerprint density at radius 1 is 0.600 bits per heavy atom. The topological polar surface area (TPSA) is 38.0 Å². The minimum absolute atomic E-state index is 0. The Bertz CT molecular complexity index is 130. The standard InChI is InChI=1S/C16H36N2.2ClH/c1-2-3-4-5-6-7-8-9-10-11-12-15-18-16-13-14-17;;/h18H,2-17H2,1H3;2*1H. The second kappa shape index (κ2) is 24.5. The molecule has 3 N–H and O–H groups in total. The van der Waals surface area contributed by atoms with Crippen molar-refractivity contribution in [1.82, 2.24) is 5.32 Å². The van der Waals surface area contributed by atoms with Gasteiger partial charge in [0.2, 0.25) is 0 Å². The van der Waals surface area contributed by atoms with E-state index in [0.29, 0.717) is 0 Å². The SMILES string of the molecule is CCCCCCCCCCCCCNCCCN.Cl.Cl. The predicted octanol–water partition coefficient (Wildman–Crippen LogP) is 5.08. The van der Waals surface area contributed by atoms with Crippen molar-refractivity contribution >= 4 is 24.8 Å². The van der Waals surface area contributed by atoms with Crippen LogP contribution in [0.1, 0.15) is 84.0 Å². The lowest BCUT2D eigenvalue weighted by atomic mass is 10.1. The van der Waals surface area contributed by atoms with Gasteiger partial charge in [-0.25, -0.2) is 0 Å². The molecule has 0 atom stereocenters. The predicted molar refractivity (Wildman–Crippen MR) is 97.5 cm³/mol. The zero-order chi connectivity index (χ0) is 13.3. The molecule has 0 amide bonds. The first-order chi connectivity index (χ1) is 8.91. The van der Waals surface area contributed by atoms with Gasteiger partial charge in [-0.1, -0.05) is 71.1 Å². The Labute approximate surface area is 139 Å². The number of rotatable bonds is 15. The van der Waals surface area contributed by atoms with E-state index >= 15 is 0 Å². The molecule has 0 aliphatic rings. The Hall–Kier alpha value is 0.500. The quantitative estimate of drug-likeness (QED) is 0.411. The number of nitrogens with one attached hydrogen (secondary N) is 1. The molecule has 0 fully saturated rings. The van der Waals surface area contributed by atoms with Crippen molar-refractivity contribution in [2.75, 3.05) is 19.6 Å². The molecule has 2 nitrogen and oxygen atoms in total. The fraction of sp³-hybridized carbons (Fsp3) is 1.00.